The molecule has 0 atom stereocenters. The van der Waals surface area contributed by atoms with Gasteiger partial charge < -0.3 is 14.6 Å². The summed E-state index contributed by atoms with van der Waals surface area (Å²) in [5.41, 5.74) is 4.19. The number of nitrogens with one attached hydrogen (secondary N) is 1. The molecule has 0 saturated carbocycles. The Hall–Kier alpha value is -3.80. The maximum Gasteiger partial charge on any atom is 0.129 e. The van der Waals surface area contributed by atoms with Crippen molar-refractivity contribution < 1.29 is 19.0 Å². The molecule has 4 aromatic rings. The zero-order valence-electron chi connectivity index (χ0n) is 16.6. The number of rotatable bonds is 6. The Kier molecular flexibility index (Phi) is 5.39. The lowest BCUT2D eigenvalue weighted by atomic mass is 9.98. The minimum absolute atomic E-state index is 0.0173. The van der Waals surface area contributed by atoms with Crippen molar-refractivity contribution in [3.8, 4) is 39.6 Å². The summed E-state index contributed by atoms with van der Waals surface area (Å²) in [7, 11) is 1.62. The van der Waals surface area contributed by atoms with Gasteiger partial charge in [0.05, 0.1) is 7.11 Å². The van der Waals surface area contributed by atoms with Gasteiger partial charge in [0.1, 0.15) is 35.4 Å². The zero-order valence-corrected chi connectivity index (χ0v) is 16.6. The van der Waals surface area contributed by atoms with E-state index in [1.54, 1.807) is 37.4 Å². The second-order valence-electron chi connectivity index (χ2n) is 6.83. The largest absolute Gasteiger partial charge is 0.507 e. The van der Waals surface area contributed by atoms with Crippen LogP contribution in [0.25, 0.3) is 22.4 Å². The van der Waals surface area contributed by atoms with Crippen molar-refractivity contribution in [3.63, 3.8) is 0 Å². The number of para-hydroxylation sites is 1. The van der Waals surface area contributed by atoms with Crippen molar-refractivity contribution in [2.45, 2.75) is 13.5 Å². The van der Waals surface area contributed by atoms with Gasteiger partial charge >= 0.3 is 0 Å². The number of methoxy groups -OCH3 is 1. The fraction of sp³-hybridized carbons (Fsp3) is 0.125. The Morgan fingerprint density at radius 2 is 1.77 bits per heavy atom. The molecule has 1 aromatic heterocycles. The summed E-state index contributed by atoms with van der Waals surface area (Å²) < 4.78 is 24.9. The maximum atomic E-state index is 13.8. The van der Waals surface area contributed by atoms with Crippen LogP contribution in [-0.2, 0) is 6.61 Å². The number of halogens is 1. The number of aromatic hydroxyl groups is 1. The molecule has 0 unspecified atom stereocenters. The molecule has 0 bridgehead atoms. The minimum Gasteiger partial charge on any atom is -0.507 e. The first-order valence-corrected chi connectivity index (χ1v) is 9.46. The van der Waals surface area contributed by atoms with E-state index in [0.29, 0.717) is 28.3 Å². The lowest BCUT2D eigenvalue weighted by Gasteiger charge is -2.12. The molecule has 0 aliphatic heterocycles. The standard InChI is InChI=1S/C24H21FN2O3/c1-15-23(19-8-4-6-10-22(19)29-2)24(27-26-15)18-12-11-17(13-21(18)28)30-14-16-7-3-5-9-20(16)25/h3-13,28H,14H2,1-2H3,(H,26,27). The summed E-state index contributed by atoms with van der Waals surface area (Å²) in [5.74, 6) is 0.841. The third-order valence-corrected chi connectivity index (χ3v) is 4.90. The summed E-state index contributed by atoms with van der Waals surface area (Å²) >= 11 is 0. The van der Waals surface area contributed by atoms with Crippen molar-refractivity contribution in [1.82, 2.24) is 10.2 Å². The van der Waals surface area contributed by atoms with Gasteiger partial charge in [0.2, 0.25) is 0 Å². The number of aromatic nitrogens is 2. The molecule has 1 heterocycles. The first-order chi connectivity index (χ1) is 14.6. The predicted molar refractivity (Wildman–Crippen MR) is 113 cm³/mol. The molecule has 5 nitrogen and oxygen atoms in total. The number of hydrogen-bond donors (Lipinski definition) is 2. The smallest absolute Gasteiger partial charge is 0.129 e. The van der Waals surface area contributed by atoms with Gasteiger partial charge in [-0.2, -0.15) is 5.10 Å². The first-order valence-electron chi connectivity index (χ1n) is 9.46. The van der Waals surface area contributed by atoms with E-state index in [4.69, 9.17) is 9.47 Å². The minimum atomic E-state index is -0.327. The van der Waals surface area contributed by atoms with Gasteiger partial charge in [-0.05, 0) is 31.2 Å². The van der Waals surface area contributed by atoms with Crippen LogP contribution in [0, 0.1) is 12.7 Å². The Labute approximate surface area is 173 Å². The van der Waals surface area contributed by atoms with E-state index < -0.39 is 0 Å². The van der Waals surface area contributed by atoms with Crippen LogP contribution in [0.1, 0.15) is 11.3 Å². The van der Waals surface area contributed by atoms with E-state index in [1.807, 2.05) is 31.2 Å². The van der Waals surface area contributed by atoms with Crippen LogP contribution < -0.4 is 9.47 Å². The van der Waals surface area contributed by atoms with E-state index in [9.17, 15) is 9.50 Å². The molecular formula is C24H21FN2O3. The van der Waals surface area contributed by atoms with Crippen molar-refractivity contribution in [2.75, 3.05) is 7.11 Å². The molecule has 2 N–H and O–H groups in total. The highest BCUT2D eigenvalue weighted by atomic mass is 19.1. The Balaban J connectivity index is 1.65. The summed E-state index contributed by atoms with van der Waals surface area (Å²) in [5, 5.41) is 18.1. The third-order valence-electron chi connectivity index (χ3n) is 4.90. The molecule has 30 heavy (non-hydrogen) atoms. The summed E-state index contributed by atoms with van der Waals surface area (Å²) in [6.45, 7) is 1.99. The van der Waals surface area contributed by atoms with Crippen LogP contribution in [0.3, 0.4) is 0 Å². The van der Waals surface area contributed by atoms with Crippen LogP contribution in [0.5, 0.6) is 17.2 Å². The van der Waals surface area contributed by atoms with Gasteiger partial charge in [-0.3, -0.25) is 5.10 Å². The summed E-state index contributed by atoms with van der Waals surface area (Å²) in [6, 6.07) is 19.1. The molecule has 0 fully saturated rings. The maximum absolute atomic E-state index is 13.8. The van der Waals surface area contributed by atoms with Crippen LogP contribution >= 0.6 is 0 Å². The Morgan fingerprint density at radius 1 is 1.00 bits per heavy atom. The van der Waals surface area contributed by atoms with Crippen molar-refractivity contribution in [2.24, 2.45) is 0 Å². The summed E-state index contributed by atoms with van der Waals surface area (Å²) in [4.78, 5) is 0. The van der Waals surface area contributed by atoms with E-state index in [0.717, 1.165) is 16.8 Å². The number of aromatic amines is 1. The van der Waals surface area contributed by atoms with Gasteiger partial charge in [0, 0.05) is 34.0 Å². The van der Waals surface area contributed by atoms with Gasteiger partial charge in [0.25, 0.3) is 0 Å². The van der Waals surface area contributed by atoms with Crippen LogP contribution in [0.4, 0.5) is 4.39 Å². The second-order valence-corrected chi connectivity index (χ2v) is 6.83. The fourth-order valence-electron chi connectivity index (χ4n) is 3.38. The zero-order chi connectivity index (χ0) is 21.1. The molecule has 6 heteroatoms. The molecule has 0 saturated heterocycles. The van der Waals surface area contributed by atoms with Crippen molar-refractivity contribution in [3.05, 3.63) is 83.8 Å². The number of H-pyrrole nitrogens is 1. The fourth-order valence-corrected chi connectivity index (χ4v) is 3.38. The lowest BCUT2D eigenvalue weighted by molar-refractivity contribution is 0.298. The lowest BCUT2D eigenvalue weighted by Crippen LogP contribution is -1.98. The molecule has 0 amide bonds. The van der Waals surface area contributed by atoms with Gasteiger partial charge in [-0.1, -0.05) is 36.4 Å². The molecular weight excluding hydrogens is 383 g/mol. The average molecular weight is 404 g/mol. The van der Waals surface area contributed by atoms with E-state index in [-0.39, 0.29) is 18.2 Å². The Bertz CT molecular complexity index is 1190. The van der Waals surface area contributed by atoms with Crippen LogP contribution in [0.15, 0.2) is 66.7 Å². The molecule has 3 aromatic carbocycles. The molecule has 4 rings (SSSR count). The number of ether oxygens (including phenoxy) is 2. The highest BCUT2D eigenvalue weighted by Gasteiger charge is 2.20. The van der Waals surface area contributed by atoms with E-state index in [1.165, 1.54) is 12.1 Å². The van der Waals surface area contributed by atoms with Crippen LogP contribution in [0.2, 0.25) is 0 Å². The molecule has 0 radical (unpaired) electrons. The monoisotopic (exact) mass is 404 g/mol. The quantitative estimate of drug-likeness (QED) is 0.446. The Morgan fingerprint density at radius 3 is 2.53 bits per heavy atom. The number of benzene rings is 3. The SMILES string of the molecule is COc1ccccc1-c1c(-c2ccc(OCc3ccccc3F)cc2O)n[nH]c1C. The molecule has 152 valence electrons. The topological polar surface area (TPSA) is 67.4 Å². The highest BCUT2D eigenvalue weighted by molar-refractivity contribution is 5.87. The summed E-state index contributed by atoms with van der Waals surface area (Å²) in [6.07, 6.45) is 0. The average Bonchev–Trinajstić information content (AvgIpc) is 3.14. The van der Waals surface area contributed by atoms with E-state index in [2.05, 4.69) is 10.2 Å². The van der Waals surface area contributed by atoms with Crippen LogP contribution in [-0.4, -0.2) is 22.4 Å². The normalized spacial score (nSPS) is 10.8. The first kappa shape index (κ1) is 19.5. The van der Waals surface area contributed by atoms with Gasteiger partial charge in [0.15, 0.2) is 0 Å². The predicted octanol–water partition coefficient (Wildman–Crippen LogP) is 5.48. The third kappa shape index (κ3) is 3.72. The van der Waals surface area contributed by atoms with E-state index >= 15 is 0 Å². The number of aryl methyl sites for hydroxylation is 1. The molecule has 0 aliphatic rings. The van der Waals surface area contributed by atoms with Crippen molar-refractivity contribution in [1.29, 1.82) is 0 Å². The van der Waals surface area contributed by atoms with Crippen molar-refractivity contribution >= 4 is 0 Å². The second kappa shape index (κ2) is 8.29. The number of hydrogen-bond acceptors (Lipinski definition) is 4. The number of phenolic OH excluding ortho intramolecular Hbond substituents is 1. The van der Waals surface area contributed by atoms with Gasteiger partial charge in [-0.15, -0.1) is 0 Å². The number of nitrogens with zero attached hydrogens (tertiary/aromatic N) is 1. The highest BCUT2D eigenvalue weighted by Crippen LogP contribution is 2.41. The molecule has 0 aliphatic carbocycles. The number of phenols is 1. The van der Waals surface area contributed by atoms with Gasteiger partial charge in [-0.25, -0.2) is 4.39 Å². The molecule has 0 spiro atoms.